The van der Waals surface area contributed by atoms with Crippen LogP contribution in [0.25, 0.3) is 0 Å². The van der Waals surface area contributed by atoms with Gasteiger partial charge in [-0.15, -0.1) is 0 Å². The van der Waals surface area contributed by atoms with Crippen LogP contribution >= 0.6 is 0 Å². The van der Waals surface area contributed by atoms with Gasteiger partial charge in [0.15, 0.2) is 5.78 Å². The molecule has 2 rings (SSSR count). The van der Waals surface area contributed by atoms with Gasteiger partial charge >= 0.3 is 0 Å². The van der Waals surface area contributed by atoms with Crippen LogP contribution in [0.2, 0.25) is 0 Å². The van der Waals surface area contributed by atoms with Crippen molar-refractivity contribution >= 4 is 11.6 Å². The molecule has 0 bridgehead atoms. The maximum absolute atomic E-state index is 12.3. The molecule has 1 saturated carbocycles. The van der Waals surface area contributed by atoms with Gasteiger partial charge in [-0.3, -0.25) is 4.79 Å². The second-order valence-electron chi connectivity index (χ2n) is 5.03. The summed E-state index contributed by atoms with van der Waals surface area (Å²) in [5.41, 5.74) is 2.00. The van der Waals surface area contributed by atoms with E-state index in [4.69, 9.17) is 0 Å². The second-order valence-corrected chi connectivity index (χ2v) is 5.03. The lowest BCUT2D eigenvalue weighted by atomic mass is 9.90. The summed E-state index contributed by atoms with van der Waals surface area (Å²) in [6, 6.07) is 7.83. The maximum atomic E-state index is 12.3. The molecule has 1 aliphatic rings. The van der Waals surface area contributed by atoms with E-state index in [1.165, 1.54) is 25.3 Å². The first-order chi connectivity index (χ1) is 8.09. The van der Waals surface area contributed by atoms with Crippen molar-refractivity contribution in [3.63, 3.8) is 0 Å². The Kier molecular flexibility index (Phi) is 3.41. The van der Waals surface area contributed by atoms with E-state index in [0.29, 0.717) is 12.3 Å². The van der Waals surface area contributed by atoms with Crippen molar-refractivity contribution in [3.05, 3.63) is 35.4 Å². The smallest absolute Gasteiger partial charge is 0.166 e. The fourth-order valence-corrected chi connectivity index (χ4v) is 2.26. The highest BCUT2D eigenvalue weighted by Gasteiger charge is 2.29. The lowest BCUT2D eigenvalue weighted by Gasteiger charge is -2.12. The molecule has 17 heavy (non-hydrogen) atoms. The Balaban J connectivity index is 2.21. The standard InChI is InChI=1S/C15H18O2/c1-10(9-11(2)16)15(17)14-6-4-3-5-13(14)12-7-8-12/h3-6,10,12H,7-9H2,1-2H3. The third-order valence-corrected chi connectivity index (χ3v) is 3.28. The Morgan fingerprint density at radius 1 is 1.29 bits per heavy atom. The summed E-state index contributed by atoms with van der Waals surface area (Å²) in [6.07, 6.45) is 2.72. The van der Waals surface area contributed by atoms with Crippen molar-refractivity contribution in [1.29, 1.82) is 0 Å². The lowest BCUT2D eigenvalue weighted by Crippen LogP contribution is -2.16. The normalized spacial score (nSPS) is 16.6. The minimum Gasteiger partial charge on any atom is -0.300 e. The zero-order chi connectivity index (χ0) is 12.4. The Morgan fingerprint density at radius 3 is 2.53 bits per heavy atom. The Labute approximate surface area is 102 Å². The third-order valence-electron chi connectivity index (χ3n) is 3.28. The molecule has 1 aliphatic carbocycles. The van der Waals surface area contributed by atoms with Gasteiger partial charge in [-0.2, -0.15) is 0 Å². The summed E-state index contributed by atoms with van der Waals surface area (Å²) in [7, 11) is 0. The van der Waals surface area contributed by atoms with Crippen LogP contribution in [0.4, 0.5) is 0 Å². The van der Waals surface area contributed by atoms with E-state index in [9.17, 15) is 9.59 Å². The fraction of sp³-hybridized carbons (Fsp3) is 0.467. The number of hydrogen-bond acceptors (Lipinski definition) is 2. The average molecular weight is 230 g/mol. The van der Waals surface area contributed by atoms with Gasteiger partial charge in [-0.25, -0.2) is 0 Å². The van der Waals surface area contributed by atoms with Crippen LogP contribution in [0.15, 0.2) is 24.3 Å². The van der Waals surface area contributed by atoms with E-state index in [-0.39, 0.29) is 17.5 Å². The van der Waals surface area contributed by atoms with Crippen LogP contribution in [0, 0.1) is 5.92 Å². The van der Waals surface area contributed by atoms with Crippen molar-refractivity contribution in [2.75, 3.05) is 0 Å². The molecule has 0 N–H and O–H groups in total. The van der Waals surface area contributed by atoms with Gasteiger partial charge in [0.1, 0.15) is 5.78 Å². The molecule has 2 heteroatoms. The number of hydrogen-bond donors (Lipinski definition) is 0. The Bertz CT molecular complexity index is 444. The first-order valence-electron chi connectivity index (χ1n) is 6.22. The van der Waals surface area contributed by atoms with Crippen LogP contribution in [0.5, 0.6) is 0 Å². The molecule has 0 heterocycles. The fourth-order valence-electron chi connectivity index (χ4n) is 2.26. The minimum atomic E-state index is -0.201. The first kappa shape index (κ1) is 12.0. The number of carbonyl (C=O) groups is 2. The van der Waals surface area contributed by atoms with Crippen LogP contribution in [0.1, 0.15) is 54.9 Å². The third kappa shape index (κ3) is 2.82. The van der Waals surface area contributed by atoms with Crippen LogP contribution in [-0.4, -0.2) is 11.6 Å². The van der Waals surface area contributed by atoms with Crippen molar-refractivity contribution < 1.29 is 9.59 Å². The molecule has 0 radical (unpaired) electrons. The minimum absolute atomic E-state index is 0.0785. The van der Waals surface area contributed by atoms with Gasteiger partial charge in [0.25, 0.3) is 0 Å². The molecule has 1 aromatic carbocycles. The topological polar surface area (TPSA) is 34.1 Å². The summed E-state index contributed by atoms with van der Waals surface area (Å²) in [5, 5.41) is 0. The molecular weight excluding hydrogens is 212 g/mol. The lowest BCUT2D eigenvalue weighted by molar-refractivity contribution is -0.117. The average Bonchev–Trinajstić information content (AvgIpc) is 3.11. The van der Waals surface area contributed by atoms with E-state index < -0.39 is 0 Å². The summed E-state index contributed by atoms with van der Waals surface area (Å²) >= 11 is 0. The molecule has 2 nitrogen and oxygen atoms in total. The van der Waals surface area contributed by atoms with E-state index in [0.717, 1.165) is 5.56 Å². The van der Waals surface area contributed by atoms with Gasteiger partial charge < -0.3 is 4.79 Å². The van der Waals surface area contributed by atoms with Gasteiger partial charge in [0, 0.05) is 17.9 Å². The zero-order valence-electron chi connectivity index (χ0n) is 10.4. The van der Waals surface area contributed by atoms with E-state index in [1.54, 1.807) is 0 Å². The number of Topliss-reactive ketones (excluding diaryl/α,β-unsaturated/α-hetero) is 2. The number of carbonyl (C=O) groups excluding carboxylic acids is 2. The molecule has 1 atom stereocenters. The van der Waals surface area contributed by atoms with Gasteiger partial charge in [-0.1, -0.05) is 31.2 Å². The highest BCUT2D eigenvalue weighted by molar-refractivity contribution is 6.01. The zero-order valence-corrected chi connectivity index (χ0v) is 10.4. The molecular formula is C15H18O2. The van der Waals surface area contributed by atoms with Crippen molar-refractivity contribution in [2.45, 2.75) is 39.0 Å². The molecule has 0 aromatic heterocycles. The summed E-state index contributed by atoms with van der Waals surface area (Å²) < 4.78 is 0. The Hall–Kier alpha value is -1.44. The van der Waals surface area contributed by atoms with Crippen LogP contribution in [-0.2, 0) is 4.79 Å². The molecule has 1 unspecified atom stereocenters. The number of ketones is 2. The summed E-state index contributed by atoms with van der Waals surface area (Å²) in [5.74, 6) is 0.560. The van der Waals surface area contributed by atoms with Gasteiger partial charge in [-0.05, 0) is 31.2 Å². The first-order valence-corrected chi connectivity index (χ1v) is 6.22. The molecule has 0 aliphatic heterocycles. The predicted molar refractivity (Wildman–Crippen MR) is 67.2 cm³/mol. The molecule has 1 aromatic rings. The quantitative estimate of drug-likeness (QED) is 0.727. The van der Waals surface area contributed by atoms with Crippen LogP contribution < -0.4 is 0 Å². The van der Waals surface area contributed by atoms with Gasteiger partial charge in [0.2, 0.25) is 0 Å². The summed E-state index contributed by atoms with van der Waals surface area (Å²) in [6.45, 7) is 3.38. The van der Waals surface area contributed by atoms with Crippen molar-refractivity contribution in [1.82, 2.24) is 0 Å². The van der Waals surface area contributed by atoms with E-state index >= 15 is 0 Å². The van der Waals surface area contributed by atoms with Crippen molar-refractivity contribution in [2.24, 2.45) is 5.92 Å². The molecule has 0 spiro atoms. The number of benzene rings is 1. The molecule has 1 fully saturated rings. The maximum Gasteiger partial charge on any atom is 0.166 e. The monoisotopic (exact) mass is 230 g/mol. The summed E-state index contributed by atoms with van der Waals surface area (Å²) in [4.78, 5) is 23.3. The molecule has 90 valence electrons. The largest absolute Gasteiger partial charge is 0.300 e. The van der Waals surface area contributed by atoms with Gasteiger partial charge in [0.05, 0.1) is 0 Å². The second kappa shape index (κ2) is 4.82. The predicted octanol–water partition coefficient (Wildman–Crippen LogP) is 3.36. The Morgan fingerprint density at radius 2 is 1.94 bits per heavy atom. The van der Waals surface area contributed by atoms with E-state index in [2.05, 4.69) is 0 Å². The molecule has 0 amide bonds. The van der Waals surface area contributed by atoms with E-state index in [1.807, 2.05) is 31.2 Å². The highest BCUT2D eigenvalue weighted by Crippen LogP contribution is 2.42. The number of rotatable bonds is 5. The SMILES string of the molecule is CC(=O)CC(C)C(=O)c1ccccc1C1CC1. The van der Waals surface area contributed by atoms with Crippen molar-refractivity contribution in [3.8, 4) is 0 Å². The van der Waals surface area contributed by atoms with Crippen LogP contribution in [0.3, 0.4) is 0 Å². The molecule has 0 saturated heterocycles. The highest BCUT2D eigenvalue weighted by atomic mass is 16.1.